The highest BCUT2D eigenvalue weighted by molar-refractivity contribution is 7.98. The van der Waals surface area contributed by atoms with Crippen LogP contribution in [0.3, 0.4) is 0 Å². The highest BCUT2D eigenvalue weighted by Gasteiger charge is 2.24. The summed E-state index contributed by atoms with van der Waals surface area (Å²) in [6.45, 7) is 0. The Morgan fingerprint density at radius 3 is 2.41 bits per heavy atom. The van der Waals surface area contributed by atoms with E-state index in [2.05, 4.69) is 33.0 Å². The number of nitrogens with zero attached hydrogens (tertiary/aromatic N) is 3. The molecule has 0 N–H and O–H groups in total. The number of hydrogen-bond acceptors (Lipinski definition) is 5. The van der Waals surface area contributed by atoms with Gasteiger partial charge < -0.3 is 9.47 Å². The zero-order valence-electron chi connectivity index (χ0n) is 17.0. The van der Waals surface area contributed by atoms with E-state index in [1.54, 1.807) is 26.0 Å². The van der Waals surface area contributed by atoms with Crippen molar-refractivity contribution < 1.29 is 9.47 Å². The summed E-state index contributed by atoms with van der Waals surface area (Å²) in [6, 6.07) is 16.7. The molecule has 1 aliphatic carbocycles. The molecular weight excluding hydrogens is 382 g/mol. The van der Waals surface area contributed by atoms with Crippen LogP contribution < -0.4 is 9.47 Å². The van der Waals surface area contributed by atoms with Gasteiger partial charge in [0.15, 0.2) is 11.0 Å². The molecule has 3 aromatic rings. The quantitative estimate of drug-likeness (QED) is 0.464. The molecule has 0 aliphatic heterocycles. The molecular formula is C23H27N3O2S. The van der Waals surface area contributed by atoms with Crippen LogP contribution in [-0.4, -0.2) is 29.0 Å². The average Bonchev–Trinajstić information content (AvgIpc) is 3.22. The molecule has 0 amide bonds. The first-order valence-corrected chi connectivity index (χ1v) is 11.1. The predicted octanol–water partition coefficient (Wildman–Crippen LogP) is 5.76. The van der Waals surface area contributed by atoms with Gasteiger partial charge in [0.05, 0.1) is 14.2 Å². The van der Waals surface area contributed by atoms with E-state index in [0.29, 0.717) is 6.04 Å². The number of rotatable bonds is 7. The molecule has 1 saturated carbocycles. The summed E-state index contributed by atoms with van der Waals surface area (Å²) in [5.74, 6) is 3.52. The van der Waals surface area contributed by atoms with E-state index in [1.165, 1.54) is 37.7 Å². The SMILES string of the molecule is COc1ccc(-c2nnc(SCc3ccccc3OC)n2C2CCCCC2)cc1. The zero-order chi connectivity index (χ0) is 20.1. The van der Waals surface area contributed by atoms with E-state index in [1.807, 2.05) is 30.3 Å². The minimum atomic E-state index is 0.455. The van der Waals surface area contributed by atoms with Gasteiger partial charge in [0.2, 0.25) is 0 Å². The molecule has 1 heterocycles. The van der Waals surface area contributed by atoms with Crippen molar-refractivity contribution in [3.63, 3.8) is 0 Å². The average molecular weight is 410 g/mol. The lowest BCUT2D eigenvalue weighted by atomic mass is 9.95. The van der Waals surface area contributed by atoms with Gasteiger partial charge in [-0.25, -0.2) is 0 Å². The van der Waals surface area contributed by atoms with E-state index in [0.717, 1.165) is 33.8 Å². The van der Waals surface area contributed by atoms with Gasteiger partial charge in [0, 0.05) is 22.9 Å². The second-order valence-corrected chi connectivity index (χ2v) is 8.24. The first-order chi connectivity index (χ1) is 14.3. The largest absolute Gasteiger partial charge is 0.497 e. The van der Waals surface area contributed by atoms with Crippen LogP contribution in [0.4, 0.5) is 0 Å². The lowest BCUT2D eigenvalue weighted by molar-refractivity contribution is 0.339. The maximum atomic E-state index is 5.51. The molecule has 6 heteroatoms. The van der Waals surface area contributed by atoms with Crippen LogP contribution in [0.15, 0.2) is 53.7 Å². The topological polar surface area (TPSA) is 49.2 Å². The maximum Gasteiger partial charge on any atom is 0.192 e. The smallest absolute Gasteiger partial charge is 0.192 e. The minimum absolute atomic E-state index is 0.455. The zero-order valence-corrected chi connectivity index (χ0v) is 17.8. The summed E-state index contributed by atoms with van der Waals surface area (Å²) in [7, 11) is 3.40. The van der Waals surface area contributed by atoms with Crippen LogP contribution in [0.25, 0.3) is 11.4 Å². The molecule has 0 saturated heterocycles. The van der Waals surface area contributed by atoms with Gasteiger partial charge in [0.25, 0.3) is 0 Å². The van der Waals surface area contributed by atoms with Gasteiger partial charge in [-0.2, -0.15) is 0 Å². The Labute approximate surface area is 176 Å². The summed E-state index contributed by atoms with van der Waals surface area (Å²) < 4.78 is 13.2. The molecule has 1 fully saturated rings. The van der Waals surface area contributed by atoms with Gasteiger partial charge in [-0.3, -0.25) is 4.57 Å². The van der Waals surface area contributed by atoms with Gasteiger partial charge in [0.1, 0.15) is 11.5 Å². The van der Waals surface area contributed by atoms with Gasteiger partial charge in [-0.05, 0) is 43.2 Å². The fourth-order valence-corrected chi connectivity index (χ4v) is 4.94. The van der Waals surface area contributed by atoms with E-state index < -0.39 is 0 Å². The fourth-order valence-electron chi connectivity index (χ4n) is 3.95. The number of benzene rings is 2. The lowest BCUT2D eigenvalue weighted by Gasteiger charge is -2.25. The number of hydrogen-bond donors (Lipinski definition) is 0. The van der Waals surface area contributed by atoms with Crippen molar-refractivity contribution in [1.29, 1.82) is 0 Å². The molecule has 29 heavy (non-hydrogen) atoms. The van der Waals surface area contributed by atoms with Gasteiger partial charge in [-0.1, -0.05) is 49.2 Å². The van der Waals surface area contributed by atoms with Crippen LogP contribution in [0.2, 0.25) is 0 Å². The van der Waals surface area contributed by atoms with Gasteiger partial charge >= 0.3 is 0 Å². The molecule has 0 unspecified atom stereocenters. The Hall–Kier alpha value is -2.47. The Morgan fingerprint density at radius 2 is 1.69 bits per heavy atom. The Kier molecular flexibility index (Phi) is 6.39. The fraction of sp³-hybridized carbons (Fsp3) is 0.391. The molecule has 152 valence electrons. The van der Waals surface area contributed by atoms with Crippen molar-refractivity contribution in [3.05, 3.63) is 54.1 Å². The lowest BCUT2D eigenvalue weighted by Crippen LogP contribution is -2.15. The molecule has 0 bridgehead atoms. The van der Waals surface area contributed by atoms with Crippen molar-refractivity contribution in [2.75, 3.05) is 14.2 Å². The molecule has 0 atom stereocenters. The third kappa shape index (κ3) is 4.42. The summed E-state index contributed by atoms with van der Waals surface area (Å²) in [4.78, 5) is 0. The second kappa shape index (κ2) is 9.35. The molecule has 0 radical (unpaired) electrons. The molecule has 1 aromatic heterocycles. The van der Waals surface area contributed by atoms with Crippen LogP contribution in [0, 0.1) is 0 Å². The van der Waals surface area contributed by atoms with Crippen molar-refractivity contribution in [2.24, 2.45) is 0 Å². The van der Waals surface area contributed by atoms with Crippen LogP contribution in [-0.2, 0) is 5.75 Å². The first kappa shape index (κ1) is 19.8. The second-order valence-electron chi connectivity index (χ2n) is 7.30. The highest BCUT2D eigenvalue weighted by atomic mass is 32.2. The van der Waals surface area contributed by atoms with E-state index in [-0.39, 0.29) is 0 Å². The summed E-state index contributed by atoms with van der Waals surface area (Å²) in [6.07, 6.45) is 6.22. The highest BCUT2D eigenvalue weighted by Crippen LogP contribution is 2.37. The number of aromatic nitrogens is 3. The standard InChI is InChI=1S/C23H27N3O2S/c1-27-20-14-12-17(13-15-20)22-24-25-23(26(22)19-9-4-3-5-10-19)29-16-18-8-6-7-11-21(18)28-2/h6-8,11-15,19H,3-5,9-10,16H2,1-2H3. The molecule has 0 spiro atoms. The third-order valence-electron chi connectivity index (χ3n) is 5.50. The molecule has 5 nitrogen and oxygen atoms in total. The predicted molar refractivity (Wildman–Crippen MR) is 117 cm³/mol. The number of ether oxygens (including phenoxy) is 2. The van der Waals surface area contributed by atoms with E-state index >= 15 is 0 Å². The monoisotopic (exact) mass is 409 g/mol. The Bertz CT molecular complexity index is 934. The van der Waals surface area contributed by atoms with Crippen molar-refractivity contribution >= 4 is 11.8 Å². The Morgan fingerprint density at radius 1 is 0.931 bits per heavy atom. The van der Waals surface area contributed by atoms with Crippen molar-refractivity contribution in [3.8, 4) is 22.9 Å². The maximum absolute atomic E-state index is 5.51. The minimum Gasteiger partial charge on any atom is -0.497 e. The molecule has 2 aromatic carbocycles. The Balaban J connectivity index is 1.65. The van der Waals surface area contributed by atoms with Crippen LogP contribution in [0.1, 0.15) is 43.7 Å². The summed E-state index contributed by atoms with van der Waals surface area (Å²) in [5, 5.41) is 10.2. The molecule has 4 rings (SSSR count). The summed E-state index contributed by atoms with van der Waals surface area (Å²) in [5.41, 5.74) is 2.25. The normalized spacial score (nSPS) is 14.7. The number of para-hydroxylation sites is 1. The number of thioether (sulfide) groups is 1. The van der Waals surface area contributed by atoms with E-state index in [4.69, 9.17) is 9.47 Å². The first-order valence-electron chi connectivity index (χ1n) is 10.1. The van der Waals surface area contributed by atoms with Crippen LogP contribution >= 0.6 is 11.8 Å². The number of methoxy groups -OCH3 is 2. The van der Waals surface area contributed by atoms with E-state index in [9.17, 15) is 0 Å². The summed E-state index contributed by atoms with van der Waals surface area (Å²) >= 11 is 1.73. The third-order valence-corrected chi connectivity index (χ3v) is 6.49. The van der Waals surface area contributed by atoms with Gasteiger partial charge in [-0.15, -0.1) is 10.2 Å². The van der Waals surface area contributed by atoms with Crippen LogP contribution in [0.5, 0.6) is 11.5 Å². The molecule has 1 aliphatic rings. The van der Waals surface area contributed by atoms with Crippen molar-refractivity contribution in [2.45, 2.75) is 49.1 Å². The van der Waals surface area contributed by atoms with Crippen molar-refractivity contribution in [1.82, 2.24) is 14.8 Å².